The van der Waals surface area contributed by atoms with E-state index in [0.717, 1.165) is 30.9 Å². The first-order valence-electron chi connectivity index (χ1n) is 7.65. The standard InChI is InChI=1S/C17H27NO2/c1-6-17(4,5)18-11-14-10-16-13(8-12(3)20-16)9-15(14)19-7-2/h9-10,12,18H,6-8,11H2,1-5H3. The van der Waals surface area contributed by atoms with E-state index < -0.39 is 0 Å². The molecule has 0 spiro atoms. The molecule has 1 atom stereocenters. The van der Waals surface area contributed by atoms with Gasteiger partial charge >= 0.3 is 0 Å². The van der Waals surface area contributed by atoms with Crippen LogP contribution in [0.15, 0.2) is 12.1 Å². The molecule has 0 aromatic heterocycles. The Balaban J connectivity index is 2.20. The van der Waals surface area contributed by atoms with E-state index in [2.05, 4.69) is 45.1 Å². The molecule has 3 heteroatoms. The van der Waals surface area contributed by atoms with Crippen LogP contribution in [0, 0.1) is 0 Å². The summed E-state index contributed by atoms with van der Waals surface area (Å²) in [6, 6.07) is 4.29. The summed E-state index contributed by atoms with van der Waals surface area (Å²) in [4.78, 5) is 0. The number of fused-ring (bicyclic) bond motifs is 1. The van der Waals surface area contributed by atoms with Crippen molar-refractivity contribution in [3.8, 4) is 11.5 Å². The van der Waals surface area contributed by atoms with Crippen LogP contribution in [0.3, 0.4) is 0 Å². The van der Waals surface area contributed by atoms with E-state index in [-0.39, 0.29) is 11.6 Å². The minimum absolute atomic E-state index is 0.136. The lowest BCUT2D eigenvalue weighted by molar-refractivity contribution is 0.254. The number of hydrogen-bond acceptors (Lipinski definition) is 3. The molecule has 0 saturated heterocycles. The normalized spacial score (nSPS) is 17.8. The summed E-state index contributed by atoms with van der Waals surface area (Å²) in [6.45, 7) is 12.3. The number of hydrogen-bond donors (Lipinski definition) is 1. The molecule has 1 aromatic carbocycles. The van der Waals surface area contributed by atoms with E-state index in [1.54, 1.807) is 0 Å². The predicted octanol–water partition coefficient (Wildman–Crippen LogP) is 3.69. The summed E-state index contributed by atoms with van der Waals surface area (Å²) in [6.07, 6.45) is 2.34. The zero-order valence-corrected chi connectivity index (χ0v) is 13.4. The van der Waals surface area contributed by atoms with Crippen LogP contribution in [-0.4, -0.2) is 18.2 Å². The molecule has 0 radical (unpaired) electrons. The SMILES string of the molecule is CCOc1cc2c(cc1CNC(C)(C)CC)OC(C)C2. The van der Waals surface area contributed by atoms with Gasteiger partial charge in [-0.05, 0) is 46.2 Å². The highest BCUT2D eigenvalue weighted by Gasteiger charge is 2.22. The Morgan fingerprint density at radius 3 is 2.75 bits per heavy atom. The quantitative estimate of drug-likeness (QED) is 0.860. The van der Waals surface area contributed by atoms with Gasteiger partial charge in [0.2, 0.25) is 0 Å². The van der Waals surface area contributed by atoms with Crippen LogP contribution in [0.5, 0.6) is 11.5 Å². The topological polar surface area (TPSA) is 30.5 Å². The van der Waals surface area contributed by atoms with Crippen LogP contribution in [0.2, 0.25) is 0 Å². The zero-order chi connectivity index (χ0) is 14.8. The van der Waals surface area contributed by atoms with Gasteiger partial charge in [-0.15, -0.1) is 0 Å². The largest absolute Gasteiger partial charge is 0.494 e. The molecule has 1 unspecified atom stereocenters. The van der Waals surface area contributed by atoms with Crippen LogP contribution >= 0.6 is 0 Å². The molecule has 0 bridgehead atoms. The highest BCUT2D eigenvalue weighted by molar-refractivity contribution is 5.48. The van der Waals surface area contributed by atoms with Crippen molar-refractivity contribution in [2.45, 2.75) is 65.6 Å². The Bertz CT molecular complexity index is 468. The van der Waals surface area contributed by atoms with Crippen molar-refractivity contribution in [1.29, 1.82) is 0 Å². The first-order chi connectivity index (χ1) is 9.45. The second-order valence-electron chi connectivity index (χ2n) is 6.22. The van der Waals surface area contributed by atoms with Gasteiger partial charge in [-0.25, -0.2) is 0 Å². The van der Waals surface area contributed by atoms with Gasteiger partial charge in [0.05, 0.1) is 6.61 Å². The van der Waals surface area contributed by atoms with E-state index in [0.29, 0.717) is 6.61 Å². The Morgan fingerprint density at radius 2 is 2.10 bits per heavy atom. The molecule has 20 heavy (non-hydrogen) atoms. The van der Waals surface area contributed by atoms with E-state index in [1.165, 1.54) is 11.1 Å². The molecule has 3 nitrogen and oxygen atoms in total. The van der Waals surface area contributed by atoms with Crippen LogP contribution in [0.25, 0.3) is 0 Å². The average Bonchev–Trinajstić information content (AvgIpc) is 2.75. The Kier molecular flexibility index (Phi) is 4.59. The van der Waals surface area contributed by atoms with Gasteiger partial charge in [-0.1, -0.05) is 6.92 Å². The summed E-state index contributed by atoms with van der Waals surface area (Å²) < 4.78 is 11.7. The smallest absolute Gasteiger partial charge is 0.124 e. The average molecular weight is 277 g/mol. The minimum Gasteiger partial charge on any atom is -0.494 e. The van der Waals surface area contributed by atoms with E-state index in [4.69, 9.17) is 9.47 Å². The highest BCUT2D eigenvalue weighted by Crippen LogP contribution is 2.35. The molecule has 0 fully saturated rings. The lowest BCUT2D eigenvalue weighted by Crippen LogP contribution is -2.37. The molecule has 112 valence electrons. The second kappa shape index (κ2) is 6.04. The van der Waals surface area contributed by atoms with Crippen molar-refractivity contribution < 1.29 is 9.47 Å². The Hall–Kier alpha value is -1.22. The third kappa shape index (κ3) is 3.45. The third-order valence-corrected chi connectivity index (χ3v) is 4.02. The number of nitrogens with one attached hydrogen (secondary N) is 1. The van der Waals surface area contributed by atoms with Gasteiger partial charge in [0.25, 0.3) is 0 Å². The predicted molar refractivity (Wildman–Crippen MR) is 82.6 cm³/mol. The zero-order valence-electron chi connectivity index (χ0n) is 13.4. The van der Waals surface area contributed by atoms with Crippen molar-refractivity contribution in [2.24, 2.45) is 0 Å². The highest BCUT2D eigenvalue weighted by atomic mass is 16.5. The fraction of sp³-hybridized carbons (Fsp3) is 0.647. The van der Waals surface area contributed by atoms with Gasteiger partial charge < -0.3 is 14.8 Å². The van der Waals surface area contributed by atoms with Gasteiger partial charge in [-0.2, -0.15) is 0 Å². The third-order valence-electron chi connectivity index (χ3n) is 4.02. The monoisotopic (exact) mass is 277 g/mol. The molecule has 1 heterocycles. The summed E-state index contributed by atoms with van der Waals surface area (Å²) in [5.41, 5.74) is 2.58. The fourth-order valence-electron chi connectivity index (χ4n) is 2.37. The molecule has 1 aliphatic heterocycles. The maximum absolute atomic E-state index is 5.86. The van der Waals surface area contributed by atoms with E-state index in [1.807, 2.05) is 6.92 Å². The van der Waals surface area contributed by atoms with Crippen molar-refractivity contribution in [3.63, 3.8) is 0 Å². The maximum atomic E-state index is 5.86. The minimum atomic E-state index is 0.136. The van der Waals surface area contributed by atoms with Crippen molar-refractivity contribution in [2.75, 3.05) is 6.61 Å². The Morgan fingerprint density at radius 1 is 1.35 bits per heavy atom. The van der Waals surface area contributed by atoms with E-state index >= 15 is 0 Å². The van der Waals surface area contributed by atoms with Gasteiger partial charge in [0, 0.05) is 29.6 Å². The van der Waals surface area contributed by atoms with Crippen LogP contribution in [0.4, 0.5) is 0 Å². The number of benzene rings is 1. The van der Waals surface area contributed by atoms with Gasteiger partial charge in [0.1, 0.15) is 17.6 Å². The molecule has 0 aliphatic carbocycles. The molecular formula is C17H27NO2. The first-order valence-corrected chi connectivity index (χ1v) is 7.65. The molecule has 0 saturated carbocycles. The maximum Gasteiger partial charge on any atom is 0.124 e. The second-order valence-corrected chi connectivity index (χ2v) is 6.22. The number of ether oxygens (including phenoxy) is 2. The number of rotatable bonds is 6. The summed E-state index contributed by atoms with van der Waals surface area (Å²) in [5.74, 6) is 2.01. The molecule has 1 N–H and O–H groups in total. The van der Waals surface area contributed by atoms with Crippen LogP contribution in [0.1, 0.15) is 52.2 Å². The van der Waals surface area contributed by atoms with Crippen LogP contribution < -0.4 is 14.8 Å². The Labute approximate surface area is 122 Å². The molecule has 2 rings (SSSR count). The van der Waals surface area contributed by atoms with Crippen LogP contribution in [-0.2, 0) is 13.0 Å². The summed E-state index contributed by atoms with van der Waals surface area (Å²) >= 11 is 0. The van der Waals surface area contributed by atoms with E-state index in [9.17, 15) is 0 Å². The van der Waals surface area contributed by atoms with Crippen molar-refractivity contribution in [1.82, 2.24) is 5.32 Å². The fourth-order valence-corrected chi connectivity index (χ4v) is 2.37. The van der Waals surface area contributed by atoms with Crippen molar-refractivity contribution in [3.05, 3.63) is 23.3 Å². The molecule has 1 aromatic rings. The first kappa shape index (κ1) is 15.2. The molecule has 1 aliphatic rings. The summed E-state index contributed by atoms with van der Waals surface area (Å²) in [5, 5.41) is 3.59. The van der Waals surface area contributed by atoms with Crippen molar-refractivity contribution >= 4 is 0 Å². The van der Waals surface area contributed by atoms with Gasteiger partial charge in [-0.3, -0.25) is 0 Å². The summed E-state index contributed by atoms with van der Waals surface area (Å²) in [7, 11) is 0. The lowest BCUT2D eigenvalue weighted by atomic mass is 10.0. The van der Waals surface area contributed by atoms with Gasteiger partial charge in [0.15, 0.2) is 0 Å². The molecular weight excluding hydrogens is 250 g/mol. The molecule has 0 amide bonds. The lowest BCUT2D eigenvalue weighted by Gasteiger charge is -2.25.